The second-order valence-electron chi connectivity index (χ2n) is 7.70. The lowest BCUT2D eigenvalue weighted by Gasteiger charge is -2.15. The number of ether oxygens (including phenoxy) is 1. The van der Waals surface area contributed by atoms with Crippen molar-refractivity contribution in [3.05, 3.63) is 71.0 Å². The van der Waals surface area contributed by atoms with Crippen LogP contribution >= 0.6 is 0 Å². The lowest BCUT2D eigenvalue weighted by molar-refractivity contribution is 0.0994. The molecule has 5 rings (SSSR count). The highest BCUT2D eigenvalue weighted by atomic mass is 19.1. The summed E-state index contributed by atoms with van der Waals surface area (Å²) in [6, 6.07) is 6.67. The number of hydrogen-bond acceptors (Lipinski definition) is 7. The predicted octanol–water partition coefficient (Wildman–Crippen LogP) is 2.04. The standard InChI is InChI=1S/C23H21FN8O2/c1-26-30-22-16(14-4-3-8-32-18(20(25)33)12-27-21(14)32)11-29-23(31(22)2)28-10-15-13-7-9-34-19(13)6-5-17(15)24/h3-6,8,11-12H,1,7,9-10H2,2H3,(H2,25,33)(H,28,29)/b30-22-. The van der Waals surface area contributed by atoms with Crippen LogP contribution in [0, 0.1) is 5.82 Å². The quantitative estimate of drug-likeness (QED) is 0.337. The molecule has 0 unspecified atom stereocenters. The monoisotopic (exact) mass is 460 g/mol. The molecular weight excluding hydrogens is 439 g/mol. The van der Waals surface area contributed by atoms with Crippen molar-refractivity contribution in [1.29, 1.82) is 0 Å². The zero-order valence-electron chi connectivity index (χ0n) is 18.3. The number of aromatic nitrogens is 4. The molecule has 3 aromatic heterocycles. The molecule has 0 saturated heterocycles. The van der Waals surface area contributed by atoms with Crippen LogP contribution in [0.15, 0.2) is 53.1 Å². The van der Waals surface area contributed by atoms with E-state index in [9.17, 15) is 9.18 Å². The summed E-state index contributed by atoms with van der Waals surface area (Å²) in [5.41, 5.74) is 9.38. The largest absolute Gasteiger partial charge is 0.493 e. The molecule has 3 N–H and O–H groups in total. The Balaban J connectivity index is 1.56. The fourth-order valence-corrected chi connectivity index (χ4v) is 4.17. The van der Waals surface area contributed by atoms with Crippen LogP contribution in [0.2, 0.25) is 0 Å². The number of rotatable bonds is 6. The van der Waals surface area contributed by atoms with Crippen molar-refractivity contribution in [1.82, 2.24) is 18.9 Å². The van der Waals surface area contributed by atoms with Crippen molar-refractivity contribution < 1.29 is 13.9 Å². The second-order valence-corrected chi connectivity index (χ2v) is 7.70. The minimum absolute atomic E-state index is 0.220. The molecule has 0 fully saturated rings. The maximum Gasteiger partial charge on any atom is 0.267 e. The smallest absolute Gasteiger partial charge is 0.267 e. The normalized spacial score (nSPS) is 13.1. The van der Waals surface area contributed by atoms with Gasteiger partial charge in [-0.1, -0.05) is 0 Å². The zero-order chi connectivity index (χ0) is 23.8. The summed E-state index contributed by atoms with van der Waals surface area (Å²) in [5, 5.41) is 11.1. The van der Waals surface area contributed by atoms with Gasteiger partial charge in [0.1, 0.15) is 22.9 Å². The van der Waals surface area contributed by atoms with E-state index in [-0.39, 0.29) is 18.1 Å². The number of pyridine rings is 1. The molecule has 1 amide bonds. The number of halogens is 1. The topological polar surface area (TPSA) is 124 Å². The molecule has 11 heteroatoms. The number of nitrogens with two attached hydrogens (primary N) is 1. The van der Waals surface area contributed by atoms with Gasteiger partial charge in [-0.2, -0.15) is 5.10 Å². The fourth-order valence-electron chi connectivity index (χ4n) is 4.17. The van der Waals surface area contributed by atoms with Crippen molar-refractivity contribution in [3.8, 4) is 16.9 Å². The van der Waals surface area contributed by atoms with Crippen molar-refractivity contribution in [2.75, 3.05) is 11.9 Å². The maximum atomic E-state index is 14.5. The summed E-state index contributed by atoms with van der Waals surface area (Å²) in [7, 11) is 1.76. The van der Waals surface area contributed by atoms with Crippen LogP contribution in [-0.2, 0) is 20.0 Å². The van der Waals surface area contributed by atoms with Gasteiger partial charge in [0.2, 0.25) is 5.95 Å². The summed E-state index contributed by atoms with van der Waals surface area (Å²) in [6.45, 7) is 4.24. The Kier molecular flexibility index (Phi) is 5.28. The van der Waals surface area contributed by atoms with Crippen LogP contribution in [0.3, 0.4) is 0 Å². The van der Waals surface area contributed by atoms with Gasteiger partial charge in [0, 0.05) is 61.4 Å². The molecule has 172 valence electrons. The van der Waals surface area contributed by atoms with Crippen LogP contribution < -0.4 is 21.3 Å². The first kappa shape index (κ1) is 21.3. The van der Waals surface area contributed by atoms with Crippen molar-refractivity contribution in [2.24, 2.45) is 23.0 Å². The van der Waals surface area contributed by atoms with Gasteiger partial charge >= 0.3 is 0 Å². The average Bonchev–Trinajstić information content (AvgIpc) is 3.48. The molecule has 10 nitrogen and oxygen atoms in total. The van der Waals surface area contributed by atoms with Crippen LogP contribution in [0.5, 0.6) is 5.75 Å². The van der Waals surface area contributed by atoms with E-state index in [1.165, 1.54) is 12.3 Å². The van der Waals surface area contributed by atoms with Crippen molar-refractivity contribution >= 4 is 24.2 Å². The second kappa shape index (κ2) is 8.43. The minimum Gasteiger partial charge on any atom is -0.493 e. The molecule has 0 aliphatic carbocycles. The summed E-state index contributed by atoms with van der Waals surface area (Å²) >= 11 is 0. The Labute approximate surface area is 193 Å². The van der Waals surface area contributed by atoms with E-state index in [0.29, 0.717) is 52.6 Å². The number of hydrogen-bond donors (Lipinski definition) is 2. The Morgan fingerprint density at radius 1 is 1.29 bits per heavy atom. The summed E-state index contributed by atoms with van der Waals surface area (Å²) in [6.07, 6.45) is 5.40. The third-order valence-corrected chi connectivity index (χ3v) is 5.80. The number of primary amides is 1. The third-order valence-electron chi connectivity index (χ3n) is 5.80. The Morgan fingerprint density at radius 2 is 2.15 bits per heavy atom. The Hall–Kier alpha value is -4.54. The molecule has 1 aliphatic rings. The first-order chi connectivity index (χ1) is 16.5. The van der Waals surface area contributed by atoms with Crippen LogP contribution in [0.1, 0.15) is 21.6 Å². The van der Waals surface area contributed by atoms with Gasteiger partial charge in [0.25, 0.3) is 5.91 Å². The first-order valence-corrected chi connectivity index (χ1v) is 10.5. The van der Waals surface area contributed by atoms with Crippen LogP contribution in [0.4, 0.5) is 10.3 Å². The number of fused-ring (bicyclic) bond motifs is 2. The number of benzene rings is 1. The van der Waals surface area contributed by atoms with Gasteiger partial charge in [-0.15, -0.1) is 5.10 Å². The zero-order valence-corrected chi connectivity index (χ0v) is 18.3. The van der Waals surface area contributed by atoms with E-state index in [2.05, 4.69) is 32.2 Å². The minimum atomic E-state index is -0.587. The lowest BCUT2D eigenvalue weighted by atomic mass is 10.0. The Morgan fingerprint density at radius 3 is 2.94 bits per heavy atom. The number of nitrogens with zero attached hydrogens (tertiary/aromatic N) is 6. The number of nitrogens with one attached hydrogen (secondary N) is 1. The van der Waals surface area contributed by atoms with E-state index >= 15 is 0 Å². The van der Waals surface area contributed by atoms with E-state index in [4.69, 9.17) is 10.5 Å². The van der Waals surface area contributed by atoms with Crippen LogP contribution in [-0.4, -0.2) is 38.2 Å². The lowest BCUT2D eigenvalue weighted by Crippen LogP contribution is -2.25. The van der Waals surface area contributed by atoms with E-state index in [1.807, 2.05) is 6.07 Å². The molecule has 4 aromatic rings. The fraction of sp³-hybridized carbons (Fsp3) is 0.174. The van der Waals surface area contributed by atoms with E-state index < -0.39 is 5.91 Å². The highest BCUT2D eigenvalue weighted by Gasteiger charge is 2.20. The first-order valence-electron chi connectivity index (χ1n) is 10.5. The number of carbonyl (C=O) groups is 1. The SMILES string of the molecule is C=N/N=c1/c(-c2cccn3c(C(N)=O)cnc23)cnc(NCc2c(F)ccc3c2CCO3)n1C. The molecule has 0 radical (unpaired) electrons. The number of carbonyl (C=O) groups excluding carboxylic acids is 1. The molecule has 34 heavy (non-hydrogen) atoms. The summed E-state index contributed by atoms with van der Waals surface area (Å²) in [4.78, 5) is 20.6. The molecule has 0 atom stereocenters. The maximum absolute atomic E-state index is 14.5. The highest BCUT2D eigenvalue weighted by molar-refractivity contribution is 5.93. The third kappa shape index (κ3) is 3.47. The average molecular weight is 460 g/mol. The van der Waals surface area contributed by atoms with Gasteiger partial charge in [-0.3, -0.25) is 13.8 Å². The number of imidazole rings is 1. The van der Waals surface area contributed by atoms with Gasteiger partial charge in [-0.25, -0.2) is 14.4 Å². The number of anilines is 1. The van der Waals surface area contributed by atoms with Crippen molar-refractivity contribution in [2.45, 2.75) is 13.0 Å². The van der Waals surface area contributed by atoms with E-state index in [0.717, 1.165) is 5.56 Å². The Bertz CT molecular complexity index is 1520. The molecule has 0 bridgehead atoms. The molecule has 4 heterocycles. The molecular formula is C23H21FN8O2. The summed E-state index contributed by atoms with van der Waals surface area (Å²) < 4.78 is 23.4. The van der Waals surface area contributed by atoms with Gasteiger partial charge in [-0.05, 0) is 24.3 Å². The van der Waals surface area contributed by atoms with Gasteiger partial charge < -0.3 is 15.8 Å². The van der Waals surface area contributed by atoms with E-state index in [1.54, 1.807) is 40.5 Å². The molecule has 1 aliphatic heterocycles. The predicted molar refractivity (Wildman–Crippen MR) is 124 cm³/mol. The number of amides is 1. The van der Waals surface area contributed by atoms with Gasteiger partial charge in [0.15, 0.2) is 5.49 Å². The summed E-state index contributed by atoms with van der Waals surface area (Å²) in [5.74, 6) is 0.274. The highest BCUT2D eigenvalue weighted by Crippen LogP contribution is 2.30. The van der Waals surface area contributed by atoms with Crippen LogP contribution in [0.25, 0.3) is 16.8 Å². The molecule has 0 saturated carbocycles. The molecule has 0 spiro atoms. The molecule has 1 aromatic carbocycles. The van der Waals surface area contributed by atoms with Crippen molar-refractivity contribution in [3.63, 3.8) is 0 Å². The van der Waals surface area contributed by atoms with Gasteiger partial charge in [0.05, 0.1) is 12.8 Å².